The third-order valence-corrected chi connectivity index (χ3v) is 5.57. The number of rotatable bonds is 3. The fourth-order valence-corrected chi connectivity index (χ4v) is 4.04. The van der Waals surface area contributed by atoms with E-state index in [0.717, 1.165) is 40.3 Å². The number of fused-ring (bicyclic) bond motifs is 3. The van der Waals surface area contributed by atoms with Gasteiger partial charge in [0.25, 0.3) is 0 Å². The molecular weight excluding hydrogens is 391 g/mol. The number of methoxy groups -OCH3 is 1. The summed E-state index contributed by atoms with van der Waals surface area (Å²) < 4.78 is 25.0. The predicted octanol–water partition coefficient (Wildman–Crippen LogP) is 5.73. The van der Waals surface area contributed by atoms with Crippen molar-refractivity contribution in [2.75, 3.05) is 7.11 Å². The smallest absolute Gasteiger partial charge is 0.213 e. The Kier molecular flexibility index (Phi) is 4.40. The minimum Gasteiger partial charge on any atom is -0.497 e. The van der Waals surface area contributed by atoms with Crippen LogP contribution in [0.5, 0.6) is 11.5 Å². The van der Waals surface area contributed by atoms with E-state index in [4.69, 9.17) is 26.2 Å². The van der Waals surface area contributed by atoms with E-state index in [1.807, 2.05) is 47.5 Å². The molecule has 2 heterocycles. The van der Waals surface area contributed by atoms with Gasteiger partial charge < -0.3 is 9.47 Å². The molecule has 0 aromatic heterocycles. The van der Waals surface area contributed by atoms with Gasteiger partial charge in [0.1, 0.15) is 17.3 Å². The van der Waals surface area contributed by atoms with Gasteiger partial charge in [0.05, 0.1) is 18.9 Å². The van der Waals surface area contributed by atoms with Crippen LogP contribution in [-0.4, -0.2) is 17.8 Å². The Bertz CT molecular complexity index is 1080. The van der Waals surface area contributed by atoms with Crippen molar-refractivity contribution >= 4 is 17.3 Å². The lowest BCUT2D eigenvalue weighted by molar-refractivity contribution is -0.0190. The molecule has 4 nitrogen and oxygen atoms in total. The van der Waals surface area contributed by atoms with Gasteiger partial charge >= 0.3 is 0 Å². The zero-order valence-corrected chi connectivity index (χ0v) is 16.4. The molecule has 2 aliphatic heterocycles. The molecule has 0 bridgehead atoms. The molecular formula is C23H18ClFN2O2. The maximum absolute atomic E-state index is 13.4. The van der Waals surface area contributed by atoms with Crippen molar-refractivity contribution in [2.24, 2.45) is 5.10 Å². The average molecular weight is 409 g/mol. The van der Waals surface area contributed by atoms with Crippen LogP contribution in [0.15, 0.2) is 71.8 Å². The first-order chi connectivity index (χ1) is 14.1. The largest absolute Gasteiger partial charge is 0.497 e. The van der Waals surface area contributed by atoms with E-state index in [9.17, 15) is 4.39 Å². The molecule has 2 atom stereocenters. The fourth-order valence-electron chi connectivity index (χ4n) is 3.86. The van der Waals surface area contributed by atoms with Crippen molar-refractivity contribution < 1.29 is 13.9 Å². The number of hydrazone groups is 1. The first kappa shape index (κ1) is 18.0. The van der Waals surface area contributed by atoms with Gasteiger partial charge in [0, 0.05) is 22.6 Å². The summed E-state index contributed by atoms with van der Waals surface area (Å²) in [6.07, 6.45) is 0.283. The highest BCUT2D eigenvalue weighted by molar-refractivity contribution is 6.30. The van der Waals surface area contributed by atoms with Crippen molar-refractivity contribution in [3.63, 3.8) is 0 Å². The maximum atomic E-state index is 13.4. The van der Waals surface area contributed by atoms with E-state index < -0.39 is 6.23 Å². The molecule has 6 heteroatoms. The monoisotopic (exact) mass is 408 g/mol. The second-order valence-electron chi connectivity index (χ2n) is 7.08. The van der Waals surface area contributed by atoms with Crippen molar-refractivity contribution in [3.8, 4) is 11.5 Å². The second-order valence-corrected chi connectivity index (χ2v) is 7.52. The van der Waals surface area contributed by atoms with E-state index in [-0.39, 0.29) is 11.9 Å². The quantitative estimate of drug-likeness (QED) is 0.555. The Morgan fingerprint density at radius 3 is 2.55 bits per heavy atom. The van der Waals surface area contributed by atoms with Crippen LogP contribution >= 0.6 is 11.6 Å². The molecule has 0 saturated heterocycles. The second kappa shape index (κ2) is 7.08. The summed E-state index contributed by atoms with van der Waals surface area (Å²) in [5, 5.41) is 7.50. The third-order valence-electron chi connectivity index (χ3n) is 5.33. The Morgan fingerprint density at radius 1 is 1.07 bits per heavy atom. The lowest BCUT2D eigenvalue weighted by Gasteiger charge is -2.38. The Hall–Kier alpha value is -3.05. The number of nitrogens with zero attached hydrogens (tertiary/aromatic N) is 2. The number of ether oxygens (including phenoxy) is 2. The van der Waals surface area contributed by atoms with Crippen LogP contribution in [-0.2, 0) is 0 Å². The molecule has 0 N–H and O–H groups in total. The molecule has 0 spiro atoms. The van der Waals surface area contributed by atoms with Crippen LogP contribution in [0.25, 0.3) is 0 Å². The average Bonchev–Trinajstić information content (AvgIpc) is 3.20. The van der Waals surface area contributed by atoms with Gasteiger partial charge in [-0.05, 0) is 60.2 Å². The summed E-state index contributed by atoms with van der Waals surface area (Å²) in [6, 6.07) is 19.8. The summed E-state index contributed by atoms with van der Waals surface area (Å²) in [5.41, 5.74) is 3.84. The molecule has 0 amide bonds. The number of halogens is 2. The first-order valence-electron chi connectivity index (χ1n) is 9.34. The van der Waals surface area contributed by atoms with E-state index in [2.05, 4.69) is 0 Å². The first-order valence-corrected chi connectivity index (χ1v) is 9.72. The van der Waals surface area contributed by atoms with Gasteiger partial charge in [0.2, 0.25) is 6.23 Å². The lowest BCUT2D eigenvalue weighted by Crippen LogP contribution is -2.33. The van der Waals surface area contributed by atoms with Crippen LogP contribution < -0.4 is 9.47 Å². The number of hydrogen-bond acceptors (Lipinski definition) is 4. The van der Waals surface area contributed by atoms with Crippen LogP contribution in [0.3, 0.4) is 0 Å². The topological polar surface area (TPSA) is 34.1 Å². The molecule has 29 heavy (non-hydrogen) atoms. The minimum absolute atomic E-state index is 0.00963. The zero-order valence-electron chi connectivity index (χ0n) is 15.7. The maximum Gasteiger partial charge on any atom is 0.213 e. The third kappa shape index (κ3) is 3.21. The predicted molar refractivity (Wildman–Crippen MR) is 110 cm³/mol. The summed E-state index contributed by atoms with van der Waals surface area (Å²) in [7, 11) is 1.65. The normalized spacial score (nSPS) is 19.8. The molecule has 0 saturated carbocycles. The summed E-state index contributed by atoms with van der Waals surface area (Å²) in [6.45, 7) is 0. The zero-order chi connectivity index (χ0) is 20.0. The molecule has 3 aromatic carbocycles. The Balaban J connectivity index is 1.57. The molecule has 0 fully saturated rings. The molecule has 0 aliphatic carbocycles. The van der Waals surface area contributed by atoms with Crippen molar-refractivity contribution in [2.45, 2.75) is 18.7 Å². The van der Waals surface area contributed by atoms with E-state index in [0.29, 0.717) is 5.02 Å². The highest BCUT2D eigenvalue weighted by Crippen LogP contribution is 2.48. The van der Waals surface area contributed by atoms with Crippen LogP contribution in [0.2, 0.25) is 5.02 Å². The molecule has 0 radical (unpaired) electrons. The SMILES string of the molecule is COc1ccc(C2=NN3C(C2)c2cc(Cl)ccc2OC3c2ccc(F)cc2)cc1. The van der Waals surface area contributed by atoms with Gasteiger partial charge in [-0.1, -0.05) is 23.7 Å². The van der Waals surface area contributed by atoms with Crippen LogP contribution in [0.1, 0.15) is 35.4 Å². The van der Waals surface area contributed by atoms with Crippen molar-refractivity contribution in [1.29, 1.82) is 0 Å². The Morgan fingerprint density at radius 2 is 1.83 bits per heavy atom. The molecule has 3 aromatic rings. The van der Waals surface area contributed by atoms with Crippen molar-refractivity contribution in [1.82, 2.24) is 5.01 Å². The molecule has 146 valence electrons. The van der Waals surface area contributed by atoms with E-state index >= 15 is 0 Å². The van der Waals surface area contributed by atoms with Gasteiger partial charge in [-0.15, -0.1) is 0 Å². The molecule has 5 rings (SSSR count). The minimum atomic E-state index is -0.440. The van der Waals surface area contributed by atoms with Gasteiger partial charge in [0.15, 0.2) is 0 Å². The summed E-state index contributed by atoms with van der Waals surface area (Å²) >= 11 is 6.26. The van der Waals surface area contributed by atoms with Gasteiger partial charge in [-0.25, -0.2) is 9.40 Å². The summed E-state index contributed by atoms with van der Waals surface area (Å²) in [5.74, 6) is 1.29. The fraction of sp³-hybridized carbons (Fsp3) is 0.174. The standard InChI is InChI=1S/C23H18ClFN2O2/c1-28-18-9-4-14(5-10-18)20-13-21-19-12-16(24)6-11-22(19)29-23(27(21)26-20)15-2-7-17(25)8-3-15/h2-12,21,23H,13H2,1H3. The van der Waals surface area contributed by atoms with E-state index in [1.54, 1.807) is 19.2 Å². The lowest BCUT2D eigenvalue weighted by atomic mass is 9.96. The van der Waals surface area contributed by atoms with Gasteiger partial charge in [-0.3, -0.25) is 0 Å². The molecule has 2 unspecified atom stereocenters. The highest BCUT2D eigenvalue weighted by Gasteiger charge is 2.41. The molecule has 2 aliphatic rings. The van der Waals surface area contributed by atoms with Crippen molar-refractivity contribution in [3.05, 3.63) is 94.3 Å². The van der Waals surface area contributed by atoms with Gasteiger partial charge in [-0.2, -0.15) is 5.10 Å². The van der Waals surface area contributed by atoms with Crippen LogP contribution in [0.4, 0.5) is 4.39 Å². The highest BCUT2D eigenvalue weighted by atomic mass is 35.5. The van der Waals surface area contributed by atoms with Crippen LogP contribution in [0, 0.1) is 5.82 Å². The van der Waals surface area contributed by atoms with E-state index in [1.165, 1.54) is 12.1 Å². The number of benzene rings is 3. The number of hydrogen-bond donors (Lipinski definition) is 0. The Labute approximate surface area is 173 Å². The summed E-state index contributed by atoms with van der Waals surface area (Å²) in [4.78, 5) is 0.